The Morgan fingerprint density at radius 2 is 2.05 bits per heavy atom. The lowest BCUT2D eigenvalue weighted by Gasteiger charge is -2.34. The lowest BCUT2D eigenvalue weighted by atomic mass is 9.79. The van der Waals surface area contributed by atoms with Gasteiger partial charge in [-0.05, 0) is 24.5 Å². The number of nitrogens with two attached hydrogens (primary N) is 1. The maximum Gasteiger partial charge on any atom is 0.227 e. The van der Waals surface area contributed by atoms with Gasteiger partial charge in [0.1, 0.15) is 0 Å². The van der Waals surface area contributed by atoms with Crippen LogP contribution in [-0.4, -0.2) is 30.6 Å². The number of para-hydroxylation sites is 1. The molecular weight excluding hydrogens is 278 g/mol. The van der Waals surface area contributed by atoms with Gasteiger partial charge in [-0.2, -0.15) is 0 Å². The van der Waals surface area contributed by atoms with Crippen molar-refractivity contribution >= 4 is 16.8 Å². The predicted octanol–water partition coefficient (Wildman–Crippen LogP) is 1.61. The molecule has 5 nitrogen and oxygen atoms in total. The van der Waals surface area contributed by atoms with E-state index in [1.54, 1.807) is 6.20 Å². The molecule has 0 bridgehead atoms. The van der Waals surface area contributed by atoms with Crippen LogP contribution in [0.15, 0.2) is 36.5 Å². The van der Waals surface area contributed by atoms with Crippen molar-refractivity contribution < 1.29 is 9.53 Å². The van der Waals surface area contributed by atoms with Crippen LogP contribution in [0.2, 0.25) is 0 Å². The first kappa shape index (κ1) is 14.9. The Labute approximate surface area is 129 Å². The van der Waals surface area contributed by atoms with Gasteiger partial charge in [-0.3, -0.25) is 9.78 Å². The Hall–Kier alpha value is -1.98. The van der Waals surface area contributed by atoms with Crippen LogP contribution in [0.3, 0.4) is 0 Å². The second-order valence-corrected chi connectivity index (χ2v) is 5.77. The normalized spacial score (nSPS) is 17.3. The second-order valence-electron chi connectivity index (χ2n) is 5.77. The zero-order valence-electron chi connectivity index (χ0n) is 12.5. The van der Waals surface area contributed by atoms with E-state index in [2.05, 4.69) is 10.3 Å². The molecule has 2 heterocycles. The first-order chi connectivity index (χ1) is 10.7. The molecule has 0 radical (unpaired) electrons. The summed E-state index contributed by atoms with van der Waals surface area (Å²) < 4.78 is 5.35. The quantitative estimate of drug-likeness (QED) is 0.899. The van der Waals surface area contributed by atoms with Crippen LogP contribution in [0.25, 0.3) is 10.9 Å². The third-order valence-corrected chi connectivity index (χ3v) is 4.48. The van der Waals surface area contributed by atoms with E-state index in [0.29, 0.717) is 39.1 Å². The van der Waals surface area contributed by atoms with Crippen molar-refractivity contribution in [1.29, 1.82) is 0 Å². The summed E-state index contributed by atoms with van der Waals surface area (Å²) >= 11 is 0. The van der Waals surface area contributed by atoms with Gasteiger partial charge < -0.3 is 15.8 Å². The fourth-order valence-electron chi connectivity index (χ4n) is 2.96. The van der Waals surface area contributed by atoms with Gasteiger partial charge in [0.15, 0.2) is 0 Å². The third kappa shape index (κ3) is 2.82. The minimum Gasteiger partial charge on any atom is -0.381 e. The standard InChI is InChI=1S/C17H21N3O2/c18-12-17(6-9-22-10-7-17)16(21)20-11-14-4-1-3-13-5-2-8-19-15(13)14/h1-5,8H,6-7,9-12,18H2,(H,20,21). The van der Waals surface area contributed by atoms with Crippen LogP contribution in [-0.2, 0) is 16.1 Å². The molecule has 1 aliphatic rings. The highest BCUT2D eigenvalue weighted by molar-refractivity contribution is 5.85. The molecule has 3 N–H and O–H groups in total. The number of pyridine rings is 1. The smallest absolute Gasteiger partial charge is 0.227 e. The van der Waals surface area contributed by atoms with Crippen molar-refractivity contribution in [3.63, 3.8) is 0 Å². The van der Waals surface area contributed by atoms with E-state index in [0.717, 1.165) is 16.5 Å². The molecular formula is C17H21N3O2. The summed E-state index contributed by atoms with van der Waals surface area (Å²) in [5.41, 5.74) is 7.33. The van der Waals surface area contributed by atoms with Crippen molar-refractivity contribution in [2.45, 2.75) is 19.4 Å². The molecule has 1 aromatic heterocycles. The van der Waals surface area contributed by atoms with Crippen LogP contribution < -0.4 is 11.1 Å². The van der Waals surface area contributed by atoms with Gasteiger partial charge in [0.25, 0.3) is 0 Å². The topological polar surface area (TPSA) is 77.2 Å². The Balaban J connectivity index is 1.74. The van der Waals surface area contributed by atoms with Crippen LogP contribution >= 0.6 is 0 Å². The van der Waals surface area contributed by atoms with Crippen molar-refractivity contribution in [3.05, 3.63) is 42.1 Å². The van der Waals surface area contributed by atoms with Crippen molar-refractivity contribution in [2.24, 2.45) is 11.1 Å². The van der Waals surface area contributed by atoms with Gasteiger partial charge in [0.05, 0.1) is 10.9 Å². The lowest BCUT2D eigenvalue weighted by molar-refractivity contribution is -0.136. The number of benzene rings is 1. The number of carbonyl (C=O) groups excluding carboxylic acids is 1. The summed E-state index contributed by atoms with van der Waals surface area (Å²) in [7, 11) is 0. The molecule has 0 unspecified atom stereocenters. The number of hydrogen-bond donors (Lipinski definition) is 2. The molecule has 0 aliphatic carbocycles. The second kappa shape index (κ2) is 6.42. The number of nitrogens with one attached hydrogen (secondary N) is 1. The van der Waals surface area contributed by atoms with Gasteiger partial charge in [-0.25, -0.2) is 0 Å². The van der Waals surface area contributed by atoms with Crippen LogP contribution in [0.1, 0.15) is 18.4 Å². The van der Waals surface area contributed by atoms with Crippen LogP contribution in [0.4, 0.5) is 0 Å². The Kier molecular flexibility index (Phi) is 4.36. The molecule has 1 aliphatic heterocycles. The Morgan fingerprint density at radius 3 is 2.82 bits per heavy atom. The zero-order chi connectivity index (χ0) is 15.4. The highest BCUT2D eigenvalue weighted by Gasteiger charge is 2.38. The average molecular weight is 299 g/mol. The van der Waals surface area contributed by atoms with E-state index in [1.165, 1.54) is 0 Å². The monoisotopic (exact) mass is 299 g/mol. The zero-order valence-corrected chi connectivity index (χ0v) is 12.5. The van der Waals surface area contributed by atoms with Crippen LogP contribution in [0, 0.1) is 5.41 Å². The largest absolute Gasteiger partial charge is 0.381 e. The summed E-state index contributed by atoms with van der Waals surface area (Å²) in [5, 5.41) is 4.12. The summed E-state index contributed by atoms with van der Waals surface area (Å²) in [6.45, 7) is 2.02. The predicted molar refractivity (Wildman–Crippen MR) is 85.1 cm³/mol. The first-order valence-electron chi connectivity index (χ1n) is 7.64. The fraction of sp³-hybridized carbons (Fsp3) is 0.412. The van der Waals surface area contributed by atoms with Crippen molar-refractivity contribution in [3.8, 4) is 0 Å². The van der Waals surface area contributed by atoms with Crippen molar-refractivity contribution in [2.75, 3.05) is 19.8 Å². The van der Waals surface area contributed by atoms with E-state index < -0.39 is 5.41 Å². The molecule has 3 rings (SSSR count). The molecule has 1 saturated heterocycles. The number of nitrogens with zero attached hydrogens (tertiary/aromatic N) is 1. The van der Waals surface area contributed by atoms with Gasteiger partial charge in [-0.1, -0.05) is 24.3 Å². The van der Waals surface area contributed by atoms with Crippen molar-refractivity contribution in [1.82, 2.24) is 10.3 Å². The lowest BCUT2D eigenvalue weighted by Crippen LogP contribution is -2.49. The number of aromatic nitrogens is 1. The van der Waals surface area contributed by atoms with E-state index in [-0.39, 0.29) is 5.91 Å². The van der Waals surface area contributed by atoms with Gasteiger partial charge >= 0.3 is 0 Å². The summed E-state index contributed by atoms with van der Waals surface area (Å²) in [6.07, 6.45) is 3.14. The molecule has 0 saturated carbocycles. The maximum atomic E-state index is 12.6. The Bertz CT molecular complexity index is 661. The molecule has 22 heavy (non-hydrogen) atoms. The number of amides is 1. The van der Waals surface area contributed by atoms with Gasteiger partial charge in [-0.15, -0.1) is 0 Å². The molecule has 1 amide bonds. The number of rotatable bonds is 4. The molecule has 2 aromatic rings. The first-order valence-corrected chi connectivity index (χ1v) is 7.64. The third-order valence-electron chi connectivity index (χ3n) is 4.48. The molecule has 116 valence electrons. The van der Waals surface area contributed by atoms with Gasteiger partial charge in [0, 0.05) is 37.9 Å². The highest BCUT2D eigenvalue weighted by Crippen LogP contribution is 2.29. The minimum absolute atomic E-state index is 0.0197. The van der Waals surface area contributed by atoms with Gasteiger partial charge in [0.2, 0.25) is 5.91 Å². The molecule has 0 atom stereocenters. The summed E-state index contributed by atoms with van der Waals surface area (Å²) in [5.74, 6) is 0.0197. The molecule has 0 spiro atoms. The average Bonchev–Trinajstić information content (AvgIpc) is 2.60. The minimum atomic E-state index is -0.490. The number of hydrogen-bond acceptors (Lipinski definition) is 4. The number of fused-ring (bicyclic) bond motifs is 1. The van der Waals surface area contributed by atoms with E-state index in [4.69, 9.17) is 10.5 Å². The Morgan fingerprint density at radius 1 is 1.27 bits per heavy atom. The fourth-order valence-corrected chi connectivity index (χ4v) is 2.96. The summed E-state index contributed by atoms with van der Waals surface area (Å²) in [4.78, 5) is 17.0. The number of ether oxygens (including phenoxy) is 1. The SMILES string of the molecule is NCC1(C(=O)NCc2cccc3cccnc23)CCOCC1. The molecule has 1 aromatic carbocycles. The summed E-state index contributed by atoms with van der Waals surface area (Å²) in [6, 6.07) is 9.94. The van der Waals surface area contributed by atoms with Crippen LogP contribution in [0.5, 0.6) is 0 Å². The highest BCUT2D eigenvalue weighted by atomic mass is 16.5. The number of carbonyl (C=O) groups is 1. The van der Waals surface area contributed by atoms with E-state index in [1.807, 2.05) is 30.3 Å². The van der Waals surface area contributed by atoms with E-state index in [9.17, 15) is 4.79 Å². The molecule has 1 fully saturated rings. The van der Waals surface area contributed by atoms with E-state index >= 15 is 0 Å². The maximum absolute atomic E-state index is 12.6. The molecule has 5 heteroatoms.